The molecule has 24 heavy (non-hydrogen) atoms. The first kappa shape index (κ1) is 16.8. The molecule has 0 saturated carbocycles. The maximum absolute atomic E-state index is 6.03. The molecule has 2 aromatic heterocycles. The van der Waals surface area contributed by atoms with Gasteiger partial charge in [-0.25, -0.2) is 9.97 Å². The summed E-state index contributed by atoms with van der Waals surface area (Å²) in [5.74, 6) is 1.96. The van der Waals surface area contributed by atoms with E-state index in [1.807, 2.05) is 37.5 Å². The van der Waals surface area contributed by atoms with Gasteiger partial charge in [-0.1, -0.05) is 19.4 Å². The van der Waals surface area contributed by atoms with Crippen LogP contribution in [0.15, 0.2) is 30.6 Å². The fraction of sp³-hybridized carbons (Fsp3) is 0.526. The van der Waals surface area contributed by atoms with Crippen molar-refractivity contribution in [3.63, 3.8) is 0 Å². The maximum atomic E-state index is 6.03. The first-order chi connectivity index (χ1) is 11.8. The summed E-state index contributed by atoms with van der Waals surface area (Å²) in [6, 6.07) is 5.94. The molecule has 1 saturated heterocycles. The molecule has 1 aliphatic rings. The van der Waals surface area contributed by atoms with Crippen LogP contribution in [-0.4, -0.2) is 34.1 Å². The van der Waals surface area contributed by atoms with Crippen LogP contribution in [0.3, 0.4) is 0 Å². The molecule has 0 amide bonds. The van der Waals surface area contributed by atoms with Crippen LogP contribution in [0.1, 0.15) is 43.3 Å². The van der Waals surface area contributed by atoms with Gasteiger partial charge in [0.1, 0.15) is 11.6 Å². The van der Waals surface area contributed by atoms with E-state index in [2.05, 4.69) is 21.8 Å². The molecule has 128 valence electrons. The number of ether oxygens (including phenoxy) is 1. The molecule has 0 N–H and O–H groups in total. The van der Waals surface area contributed by atoms with Gasteiger partial charge < -0.3 is 9.64 Å². The van der Waals surface area contributed by atoms with Crippen molar-refractivity contribution in [3.8, 4) is 0 Å². The van der Waals surface area contributed by atoms with Crippen LogP contribution in [0, 0.1) is 6.92 Å². The van der Waals surface area contributed by atoms with Crippen LogP contribution in [0.5, 0.6) is 0 Å². The third-order valence-electron chi connectivity index (χ3n) is 4.42. The Morgan fingerprint density at radius 1 is 1.21 bits per heavy atom. The maximum Gasteiger partial charge on any atom is 0.135 e. The molecule has 2 aromatic rings. The first-order valence-electron chi connectivity index (χ1n) is 8.85. The topological polar surface area (TPSA) is 51.1 Å². The van der Waals surface area contributed by atoms with Crippen molar-refractivity contribution < 1.29 is 4.74 Å². The first-order valence-corrected chi connectivity index (χ1v) is 8.85. The molecule has 0 radical (unpaired) electrons. The Morgan fingerprint density at radius 2 is 2.04 bits per heavy atom. The van der Waals surface area contributed by atoms with E-state index in [9.17, 15) is 0 Å². The second-order valence-electron chi connectivity index (χ2n) is 6.33. The smallest absolute Gasteiger partial charge is 0.135 e. The summed E-state index contributed by atoms with van der Waals surface area (Å²) in [7, 11) is 0. The summed E-state index contributed by atoms with van der Waals surface area (Å²) < 4.78 is 6.03. The molecule has 5 nitrogen and oxygen atoms in total. The predicted octanol–water partition coefficient (Wildman–Crippen LogP) is 3.32. The van der Waals surface area contributed by atoms with E-state index < -0.39 is 0 Å². The number of piperidine rings is 1. The Balaban J connectivity index is 1.56. The highest BCUT2D eigenvalue weighted by molar-refractivity contribution is 5.46. The van der Waals surface area contributed by atoms with Gasteiger partial charge in [0, 0.05) is 31.0 Å². The van der Waals surface area contributed by atoms with Gasteiger partial charge in [0.15, 0.2) is 0 Å². The van der Waals surface area contributed by atoms with Gasteiger partial charge in [0.25, 0.3) is 0 Å². The van der Waals surface area contributed by atoms with E-state index in [1.54, 1.807) is 0 Å². The zero-order valence-electron chi connectivity index (χ0n) is 14.6. The van der Waals surface area contributed by atoms with Gasteiger partial charge in [-0.3, -0.25) is 4.98 Å². The lowest BCUT2D eigenvalue weighted by Gasteiger charge is -2.33. The van der Waals surface area contributed by atoms with Crippen LogP contribution < -0.4 is 4.90 Å². The average molecular weight is 326 g/mol. The van der Waals surface area contributed by atoms with Crippen molar-refractivity contribution in [2.24, 2.45) is 0 Å². The highest BCUT2D eigenvalue weighted by Crippen LogP contribution is 2.24. The Bertz CT molecular complexity index is 639. The Labute approximate surface area is 144 Å². The molecule has 0 aromatic carbocycles. The number of hydrogen-bond donors (Lipinski definition) is 0. The minimum absolute atomic E-state index is 0.306. The molecule has 3 heterocycles. The molecule has 0 bridgehead atoms. The number of anilines is 1. The second-order valence-corrected chi connectivity index (χ2v) is 6.33. The summed E-state index contributed by atoms with van der Waals surface area (Å²) in [5, 5.41) is 0. The number of aryl methyl sites for hydroxylation is 2. The second kappa shape index (κ2) is 8.20. The summed E-state index contributed by atoms with van der Waals surface area (Å²) in [6.07, 6.45) is 8.32. The van der Waals surface area contributed by atoms with Crippen molar-refractivity contribution in [1.29, 1.82) is 0 Å². The van der Waals surface area contributed by atoms with Gasteiger partial charge in [-0.15, -0.1) is 0 Å². The van der Waals surface area contributed by atoms with Crippen LogP contribution in [0.25, 0.3) is 0 Å². The van der Waals surface area contributed by atoms with Crippen molar-refractivity contribution in [3.05, 3.63) is 47.7 Å². The van der Waals surface area contributed by atoms with E-state index in [4.69, 9.17) is 9.72 Å². The highest BCUT2D eigenvalue weighted by Gasteiger charge is 2.22. The van der Waals surface area contributed by atoms with Crippen LogP contribution in [0.4, 0.5) is 5.82 Å². The molecule has 5 heteroatoms. The normalized spacial score (nSPS) is 15.7. The van der Waals surface area contributed by atoms with E-state index >= 15 is 0 Å². The zero-order valence-corrected chi connectivity index (χ0v) is 14.6. The summed E-state index contributed by atoms with van der Waals surface area (Å²) in [4.78, 5) is 15.8. The third kappa shape index (κ3) is 4.29. The van der Waals surface area contributed by atoms with Crippen molar-refractivity contribution in [1.82, 2.24) is 15.0 Å². The standard InChI is InChI=1S/C19H26N4O/c1-3-6-16-13-21-15(2)22-19(16)23-11-8-18(9-12-23)24-14-17-7-4-5-10-20-17/h4-5,7,10,13,18H,3,6,8-9,11-12,14H2,1-2H3. The van der Waals surface area contributed by atoms with E-state index in [-0.39, 0.29) is 0 Å². The van der Waals surface area contributed by atoms with Crippen molar-refractivity contribution in [2.75, 3.05) is 18.0 Å². The van der Waals surface area contributed by atoms with Gasteiger partial charge in [0.2, 0.25) is 0 Å². The molecule has 0 aliphatic carbocycles. The molecule has 0 atom stereocenters. The number of hydrogen-bond acceptors (Lipinski definition) is 5. The number of pyridine rings is 1. The van der Waals surface area contributed by atoms with Crippen molar-refractivity contribution in [2.45, 2.75) is 52.2 Å². The summed E-state index contributed by atoms with van der Waals surface area (Å²) in [5.41, 5.74) is 2.26. The third-order valence-corrected chi connectivity index (χ3v) is 4.42. The largest absolute Gasteiger partial charge is 0.372 e. The summed E-state index contributed by atoms with van der Waals surface area (Å²) >= 11 is 0. The highest BCUT2D eigenvalue weighted by atomic mass is 16.5. The fourth-order valence-electron chi connectivity index (χ4n) is 3.12. The lowest BCUT2D eigenvalue weighted by atomic mass is 10.1. The van der Waals surface area contributed by atoms with E-state index in [0.717, 1.165) is 56.1 Å². The molecule has 1 fully saturated rings. The number of nitrogens with zero attached hydrogens (tertiary/aromatic N) is 4. The predicted molar refractivity (Wildman–Crippen MR) is 95.0 cm³/mol. The van der Waals surface area contributed by atoms with Gasteiger partial charge in [-0.05, 0) is 38.3 Å². The van der Waals surface area contributed by atoms with Crippen molar-refractivity contribution >= 4 is 5.82 Å². The minimum Gasteiger partial charge on any atom is -0.372 e. The molecule has 0 spiro atoms. The Morgan fingerprint density at radius 3 is 2.75 bits per heavy atom. The zero-order chi connectivity index (χ0) is 16.8. The van der Waals surface area contributed by atoms with Gasteiger partial charge in [-0.2, -0.15) is 0 Å². The molecule has 1 aliphatic heterocycles. The van der Waals surface area contributed by atoms with E-state index in [0.29, 0.717) is 12.7 Å². The van der Waals surface area contributed by atoms with Crippen LogP contribution in [-0.2, 0) is 17.8 Å². The van der Waals surface area contributed by atoms with E-state index in [1.165, 1.54) is 5.56 Å². The Hall–Kier alpha value is -2.01. The molecule has 3 rings (SSSR count). The quantitative estimate of drug-likeness (QED) is 0.815. The lowest BCUT2D eigenvalue weighted by Crippen LogP contribution is -2.38. The van der Waals surface area contributed by atoms with Crippen LogP contribution in [0.2, 0.25) is 0 Å². The molecule has 0 unspecified atom stereocenters. The summed E-state index contributed by atoms with van der Waals surface area (Å²) in [6.45, 7) is 6.72. The number of rotatable bonds is 6. The van der Waals surface area contributed by atoms with Crippen LogP contribution >= 0.6 is 0 Å². The lowest BCUT2D eigenvalue weighted by molar-refractivity contribution is 0.0233. The minimum atomic E-state index is 0.306. The molecular weight excluding hydrogens is 300 g/mol. The molecular formula is C19H26N4O. The monoisotopic (exact) mass is 326 g/mol. The van der Waals surface area contributed by atoms with Gasteiger partial charge in [0.05, 0.1) is 18.4 Å². The van der Waals surface area contributed by atoms with Gasteiger partial charge >= 0.3 is 0 Å². The fourth-order valence-corrected chi connectivity index (χ4v) is 3.12. The SMILES string of the molecule is CCCc1cnc(C)nc1N1CCC(OCc2ccccn2)CC1. The number of aromatic nitrogens is 3. The Kier molecular flexibility index (Phi) is 5.75. The average Bonchev–Trinajstić information content (AvgIpc) is 2.63.